The number of hydrogen-bond donors (Lipinski definition) is 1. The number of hydrogen-bond acceptors (Lipinski definition) is 9. The smallest absolute Gasteiger partial charge is 0.258 e. The van der Waals surface area contributed by atoms with E-state index in [1.165, 1.54) is 11.1 Å². The van der Waals surface area contributed by atoms with E-state index in [0.717, 1.165) is 94.9 Å². The van der Waals surface area contributed by atoms with Crippen LogP contribution in [0, 0.1) is 13.3 Å². The first-order valence-corrected chi connectivity index (χ1v) is 23.9. The Morgan fingerprint density at radius 3 is 2.06 bits per heavy atom. The van der Waals surface area contributed by atoms with Gasteiger partial charge in [0.25, 0.3) is 11.8 Å². The summed E-state index contributed by atoms with van der Waals surface area (Å²) in [5.41, 5.74) is 11.6. The van der Waals surface area contributed by atoms with Crippen LogP contribution < -0.4 is 28.9 Å². The van der Waals surface area contributed by atoms with Crippen LogP contribution in [0.3, 0.4) is 0 Å². The van der Waals surface area contributed by atoms with E-state index in [4.69, 9.17) is 36.3 Å². The van der Waals surface area contributed by atoms with Crippen LogP contribution in [-0.4, -0.2) is 75.3 Å². The summed E-state index contributed by atoms with van der Waals surface area (Å²) in [5, 5.41) is 0. The fraction of sp³-hybridized carbons (Fsp3) is 0.400. The second-order valence-electron chi connectivity index (χ2n) is 18.7. The Bertz CT molecular complexity index is 2600. The number of carbonyl (C=O) groups excluding carboxylic acids is 2. The predicted octanol–water partition coefficient (Wildman–Crippen LogP) is 9.97. The van der Waals surface area contributed by atoms with E-state index in [9.17, 15) is 9.59 Å². The largest absolute Gasteiger partial charge is 0.493 e. The van der Waals surface area contributed by atoms with E-state index in [-0.39, 0.29) is 68.0 Å². The van der Waals surface area contributed by atoms with Gasteiger partial charge in [-0.1, -0.05) is 54.9 Å². The minimum absolute atomic E-state index is 0. The van der Waals surface area contributed by atoms with Crippen LogP contribution >= 0.6 is 12.6 Å². The third-order valence-electron chi connectivity index (χ3n) is 13.1. The van der Waals surface area contributed by atoms with Crippen LogP contribution in [0.1, 0.15) is 93.3 Å². The summed E-state index contributed by atoms with van der Waals surface area (Å²) in [6.07, 6.45) is 7.23. The normalized spacial score (nSPS) is 17.0. The van der Waals surface area contributed by atoms with E-state index in [0.29, 0.717) is 63.0 Å². The molecule has 0 aliphatic carbocycles. The minimum atomic E-state index is -0.304. The van der Waals surface area contributed by atoms with Gasteiger partial charge in [-0.15, -0.1) is 0 Å². The number of benzene rings is 5. The molecule has 1 radical (unpaired) electrons. The zero-order valence-electron chi connectivity index (χ0n) is 39.5. The molecule has 4 aliphatic rings. The Hall–Kier alpha value is -4.39. The number of anilines is 3. The molecule has 67 heavy (non-hydrogen) atoms. The van der Waals surface area contributed by atoms with Crippen molar-refractivity contribution in [3.05, 3.63) is 147 Å². The number of aryl methyl sites for hydroxylation is 2. The Labute approximate surface area is 426 Å². The molecule has 0 unspecified atom stereocenters. The minimum Gasteiger partial charge on any atom is -0.493 e. The Kier molecular flexibility index (Phi) is 15.7. The predicted molar refractivity (Wildman–Crippen MR) is 264 cm³/mol. The monoisotopic (exact) mass is 997 g/mol. The van der Waals surface area contributed by atoms with Gasteiger partial charge in [-0.2, -0.15) is 19.0 Å². The molecule has 5 aromatic rings. The third kappa shape index (κ3) is 10.9. The summed E-state index contributed by atoms with van der Waals surface area (Å²) >= 11 is 4.96. The van der Waals surface area contributed by atoms with Gasteiger partial charge in [-0.25, -0.2) is 0 Å². The molecule has 0 spiro atoms. The van der Waals surface area contributed by atoms with Crippen LogP contribution in [0.5, 0.6) is 17.2 Å². The molecule has 2 amide bonds. The maximum Gasteiger partial charge on any atom is 0.258 e. The van der Waals surface area contributed by atoms with Gasteiger partial charge in [0.1, 0.15) is 19.0 Å². The van der Waals surface area contributed by atoms with Crippen LogP contribution in [0.15, 0.2) is 91.0 Å². The van der Waals surface area contributed by atoms with Gasteiger partial charge in [0, 0.05) is 91.4 Å². The summed E-state index contributed by atoms with van der Waals surface area (Å²) in [5.74, 6) is 1.91. The summed E-state index contributed by atoms with van der Waals surface area (Å²) in [7, 11) is 1.62. The molecule has 0 N–H and O–H groups in total. The number of fused-ring (bicyclic) bond motifs is 8. The summed E-state index contributed by atoms with van der Waals surface area (Å²) < 4.78 is 30.6. The van der Waals surface area contributed by atoms with E-state index in [2.05, 4.69) is 68.5 Å². The summed E-state index contributed by atoms with van der Waals surface area (Å²) in [4.78, 5) is 34.5. The Morgan fingerprint density at radius 2 is 1.36 bits per heavy atom. The van der Waals surface area contributed by atoms with Crippen molar-refractivity contribution in [2.75, 3.05) is 61.3 Å². The van der Waals surface area contributed by atoms with E-state index in [1.807, 2.05) is 71.3 Å². The van der Waals surface area contributed by atoms with Gasteiger partial charge in [0.05, 0.1) is 26.9 Å². The Morgan fingerprint density at radius 1 is 0.731 bits per heavy atom. The van der Waals surface area contributed by atoms with Gasteiger partial charge in [0.2, 0.25) is 0 Å². The van der Waals surface area contributed by atoms with E-state index < -0.39 is 0 Å². The molecule has 4 heterocycles. The number of ether oxygens (including phenoxy) is 5. The van der Waals surface area contributed by atoms with Gasteiger partial charge < -0.3 is 44.8 Å². The fourth-order valence-corrected chi connectivity index (χ4v) is 10.2. The number of rotatable bonds is 18. The van der Waals surface area contributed by atoms with Crippen molar-refractivity contribution >= 4 is 41.5 Å². The number of carbonyl (C=O) groups is 2. The van der Waals surface area contributed by atoms with E-state index in [1.54, 1.807) is 7.11 Å². The Balaban J connectivity index is 0.00000608. The quantitative estimate of drug-likeness (QED) is 0.0528. The number of nitrogens with zero attached hydrogens (tertiary/aromatic N) is 3. The van der Waals surface area contributed by atoms with Crippen molar-refractivity contribution in [3.8, 4) is 17.2 Å². The van der Waals surface area contributed by atoms with Crippen LogP contribution in [-0.2, 0) is 81.1 Å². The molecule has 0 aromatic heterocycles. The van der Waals surface area contributed by atoms with E-state index >= 15 is 0 Å². The molecule has 4 aliphatic heterocycles. The molecule has 0 saturated carbocycles. The molecule has 2 atom stereocenters. The number of thiol groups is 1. The SMILES string of the molecule is CCCOCCOCCN(CC(C)(C)S)c1cc(COc2cc3c(cc2C)C(=O)N2c4ccccc4C[C@H]2[CH-]C3)cc(COc2cc3c(cc2OC)C(=O)N2c4ccccc4C[C@H]2CC3)c1.[Y]. The van der Waals surface area contributed by atoms with Gasteiger partial charge in [-0.3, -0.25) is 9.59 Å². The summed E-state index contributed by atoms with van der Waals surface area (Å²) in [6, 6.07) is 31.0. The average Bonchev–Trinajstić information content (AvgIpc) is 3.80. The zero-order valence-corrected chi connectivity index (χ0v) is 43.2. The maximum atomic E-state index is 14.2. The first-order chi connectivity index (χ1) is 32.0. The van der Waals surface area contributed by atoms with Crippen LogP contribution in [0.25, 0.3) is 0 Å². The standard InChI is InChI=1S/C55H62N3O7S.Y/c1-6-20-62-22-23-63-21-19-56(35-55(3,4)66)45-26-37(33-64-50-30-39-15-17-43-28-41-11-7-9-13-48(41)57(43)53(59)46(39)24-36(50)2)25-38(27-45)34-65-52-31-40-16-18-44-29-42-12-8-10-14-49(42)58(44)54(60)47(40)32-51(52)61-5;/h7-14,17,24-27,30-32,43-44,66H,6,15-16,18-23,28-29,33-35H2,1-5H3;/q-1;/t43-,44-;/m1./s1. The van der Waals surface area contributed by atoms with Crippen molar-refractivity contribution in [1.82, 2.24) is 0 Å². The second kappa shape index (κ2) is 21.5. The zero-order chi connectivity index (χ0) is 46.0. The molecule has 5 aromatic carbocycles. The van der Waals surface area contributed by atoms with Gasteiger partial charge in [-0.05, 0) is 141 Å². The molecule has 0 fully saturated rings. The van der Waals surface area contributed by atoms with Crippen LogP contribution in [0.2, 0.25) is 0 Å². The van der Waals surface area contributed by atoms with Crippen molar-refractivity contribution < 1.29 is 66.0 Å². The van der Waals surface area contributed by atoms with Crippen molar-refractivity contribution in [3.63, 3.8) is 0 Å². The molecular formula is C55H62N3O7SY-. The molecular weight excluding hydrogens is 936 g/mol. The molecule has 0 bridgehead atoms. The summed E-state index contributed by atoms with van der Waals surface area (Å²) in [6.45, 7) is 12.6. The first kappa shape index (κ1) is 49.0. The van der Waals surface area contributed by atoms with Gasteiger partial charge in [0.15, 0.2) is 11.5 Å². The number of para-hydroxylation sites is 2. The van der Waals surface area contributed by atoms with Crippen molar-refractivity contribution in [2.24, 2.45) is 0 Å². The molecule has 10 nitrogen and oxygen atoms in total. The third-order valence-corrected chi connectivity index (χ3v) is 13.3. The van der Waals surface area contributed by atoms with Crippen LogP contribution in [0.4, 0.5) is 17.1 Å². The molecule has 0 saturated heterocycles. The fourth-order valence-electron chi connectivity index (χ4n) is 10.0. The first-order valence-electron chi connectivity index (χ1n) is 23.5. The topological polar surface area (TPSA) is 90.0 Å². The van der Waals surface area contributed by atoms with Crippen molar-refractivity contribution in [2.45, 2.75) is 96.3 Å². The average molecular weight is 998 g/mol. The number of amides is 2. The maximum absolute atomic E-state index is 14.2. The second-order valence-corrected chi connectivity index (χ2v) is 19.9. The van der Waals surface area contributed by atoms with Crippen molar-refractivity contribution in [1.29, 1.82) is 0 Å². The molecule has 349 valence electrons. The molecule has 12 heteroatoms. The number of methoxy groups -OCH3 is 1. The van der Waals surface area contributed by atoms with Gasteiger partial charge >= 0.3 is 0 Å². The molecule has 9 rings (SSSR count).